The van der Waals surface area contributed by atoms with Crippen molar-refractivity contribution in [2.45, 2.75) is 46.3 Å². The molecule has 0 aromatic heterocycles. The molecule has 1 atom stereocenters. The predicted molar refractivity (Wildman–Crippen MR) is 90.7 cm³/mol. The summed E-state index contributed by atoms with van der Waals surface area (Å²) in [5.41, 5.74) is 2.00. The number of fused-ring (bicyclic) bond motifs is 1. The van der Waals surface area contributed by atoms with Crippen LogP contribution in [0.3, 0.4) is 0 Å². The number of ether oxygens (including phenoxy) is 3. The summed E-state index contributed by atoms with van der Waals surface area (Å²) in [6.45, 7) is 9.37. The molecule has 0 fully saturated rings. The Labute approximate surface area is 137 Å². The average Bonchev–Trinajstić information content (AvgIpc) is 2.51. The van der Waals surface area contributed by atoms with Crippen LogP contribution in [-0.2, 0) is 9.53 Å². The third-order valence-electron chi connectivity index (χ3n) is 3.88. The fraction of sp³-hybridized carbons (Fsp3) is 0.421. The Hall–Kier alpha value is -2.23. The molecule has 0 radical (unpaired) electrons. The van der Waals surface area contributed by atoms with Gasteiger partial charge in [0.1, 0.15) is 23.2 Å². The lowest BCUT2D eigenvalue weighted by Crippen LogP contribution is -2.27. The number of benzene rings is 1. The van der Waals surface area contributed by atoms with Crippen molar-refractivity contribution in [1.82, 2.24) is 0 Å². The Bertz CT molecular complexity index is 668. The van der Waals surface area contributed by atoms with Crippen LogP contribution in [0.25, 0.3) is 6.08 Å². The summed E-state index contributed by atoms with van der Waals surface area (Å²) in [4.78, 5) is 12.0. The normalized spacial score (nSPS) is 17.0. The lowest BCUT2D eigenvalue weighted by molar-refractivity contribution is -0.143. The van der Waals surface area contributed by atoms with Crippen molar-refractivity contribution in [3.8, 4) is 11.5 Å². The summed E-state index contributed by atoms with van der Waals surface area (Å²) < 4.78 is 16.9. The van der Waals surface area contributed by atoms with Gasteiger partial charge in [-0.25, -0.2) is 4.79 Å². The number of carbonyl (C=O) groups is 1. The summed E-state index contributed by atoms with van der Waals surface area (Å²) in [6, 6.07) is 3.80. The highest BCUT2D eigenvalue weighted by molar-refractivity contribution is 5.87. The molecular weight excluding hydrogens is 292 g/mol. The van der Waals surface area contributed by atoms with Gasteiger partial charge in [-0.15, -0.1) is 0 Å². The molecule has 0 amide bonds. The quantitative estimate of drug-likeness (QED) is 0.608. The molecule has 4 heteroatoms. The van der Waals surface area contributed by atoms with Crippen LogP contribution in [0.4, 0.5) is 0 Å². The molecule has 23 heavy (non-hydrogen) atoms. The van der Waals surface area contributed by atoms with Gasteiger partial charge in [0.05, 0.1) is 7.11 Å². The molecule has 1 heterocycles. The van der Waals surface area contributed by atoms with Crippen molar-refractivity contribution in [2.75, 3.05) is 7.11 Å². The summed E-state index contributed by atoms with van der Waals surface area (Å²) in [6.07, 6.45) is 5.35. The zero-order chi connectivity index (χ0) is 17.2. The molecule has 0 N–H and O–H groups in total. The van der Waals surface area contributed by atoms with E-state index in [1.54, 1.807) is 20.1 Å². The van der Waals surface area contributed by atoms with Gasteiger partial charge < -0.3 is 14.2 Å². The summed E-state index contributed by atoms with van der Waals surface area (Å²) >= 11 is 0. The molecular formula is C19H24O4. The third kappa shape index (κ3) is 3.76. The van der Waals surface area contributed by atoms with Gasteiger partial charge in [-0.05, 0) is 46.8 Å². The number of esters is 1. The maximum atomic E-state index is 12.0. The molecule has 0 aliphatic carbocycles. The third-order valence-corrected chi connectivity index (χ3v) is 3.88. The molecule has 0 saturated heterocycles. The zero-order valence-corrected chi connectivity index (χ0v) is 14.6. The van der Waals surface area contributed by atoms with Crippen LogP contribution in [0.5, 0.6) is 11.5 Å². The molecule has 1 aromatic carbocycles. The molecule has 4 nitrogen and oxygen atoms in total. The van der Waals surface area contributed by atoms with E-state index in [1.165, 1.54) is 0 Å². The first-order valence-corrected chi connectivity index (χ1v) is 7.71. The number of rotatable bonds is 4. The number of hydrogen-bond donors (Lipinski definition) is 0. The maximum Gasteiger partial charge on any atom is 0.333 e. The number of allylic oxidation sites excluding steroid dienone is 1. The molecule has 0 spiro atoms. The fourth-order valence-electron chi connectivity index (χ4n) is 2.35. The molecule has 124 valence electrons. The lowest BCUT2D eigenvalue weighted by atomic mass is 9.98. The van der Waals surface area contributed by atoms with Crippen molar-refractivity contribution in [2.24, 2.45) is 0 Å². The van der Waals surface area contributed by atoms with Crippen LogP contribution in [0.2, 0.25) is 0 Å². The van der Waals surface area contributed by atoms with Crippen molar-refractivity contribution in [1.29, 1.82) is 0 Å². The van der Waals surface area contributed by atoms with Gasteiger partial charge in [0.15, 0.2) is 0 Å². The van der Waals surface area contributed by atoms with Crippen molar-refractivity contribution < 1.29 is 19.0 Å². The molecule has 1 aromatic rings. The second-order valence-corrected chi connectivity index (χ2v) is 6.19. The van der Waals surface area contributed by atoms with E-state index in [0.29, 0.717) is 11.3 Å². The number of carbonyl (C=O) groups excluding carboxylic acids is 1. The van der Waals surface area contributed by atoms with Gasteiger partial charge in [0, 0.05) is 22.8 Å². The zero-order valence-electron chi connectivity index (χ0n) is 14.6. The maximum absolute atomic E-state index is 12.0. The topological polar surface area (TPSA) is 44.8 Å². The van der Waals surface area contributed by atoms with E-state index >= 15 is 0 Å². The predicted octanol–water partition coefficient (Wildman–Crippen LogP) is 4.45. The number of methoxy groups -OCH3 is 1. The van der Waals surface area contributed by atoms with Gasteiger partial charge in [0.2, 0.25) is 0 Å². The molecule has 1 aliphatic rings. The smallest absolute Gasteiger partial charge is 0.333 e. The van der Waals surface area contributed by atoms with E-state index in [2.05, 4.69) is 0 Å². The Morgan fingerprint density at radius 2 is 2.04 bits per heavy atom. The Balaban J connectivity index is 2.34. The first-order valence-electron chi connectivity index (χ1n) is 7.71. The van der Waals surface area contributed by atoms with Gasteiger partial charge in [0.25, 0.3) is 0 Å². The van der Waals surface area contributed by atoms with E-state index in [1.807, 2.05) is 52.0 Å². The molecule has 1 unspecified atom stereocenters. The van der Waals surface area contributed by atoms with Crippen LogP contribution < -0.4 is 9.47 Å². The average molecular weight is 316 g/mol. The standard InChI is InChI=1S/C19H24O4/c1-7-12(2)18(20)22-13(3)15-10-14-8-9-19(4,5)23-16(14)11-17(15)21-6/h7-11,13H,1-6H3/b12-7+. The van der Waals surface area contributed by atoms with Crippen LogP contribution in [-0.4, -0.2) is 18.7 Å². The molecule has 0 saturated carbocycles. The first-order chi connectivity index (χ1) is 10.8. The van der Waals surface area contributed by atoms with Crippen molar-refractivity contribution in [3.05, 3.63) is 41.0 Å². The fourth-order valence-corrected chi connectivity index (χ4v) is 2.35. The van der Waals surface area contributed by atoms with Crippen molar-refractivity contribution >= 4 is 12.0 Å². The Morgan fingerprint density at radius 1 is 1.35 bits per heavy atom. The van der Waals surface area contributed by atoms with Gasteiger partial charge in [-0.3, -0.25) is 0 Å². The van der Waals surface area contributed by atoms with Crippen molar-refractivity contribution in [3.63, 3.8) is 0 Å². The minimum absolute atomic E-state index is 0.326. The summed E-state index contributed by atoms with van der Waals surface area (Å²) in [5.74, 6) is 1.09. The lowest BCUT2D eigenvalue weighted by Gasteiger charge is -2.29. The highest BCUT2D eigenvalue weighted by atomic mass is 16.5. The van der Waals surface area contributed by atoms with Crippen LogP contribution in [0.15, 0.2) is 29.9 Å². The molecule has 0 bridgehead atoms. The van der Waals surface area contributed by atoms with E-state index in [-0.39, 0.29) is 11.6 Å². The van der Waals surface area contributed by atoms with Gasteiger partial charge in [-0.1, -0.05) is 12.2 Å². The highest BCUT2D eigenvalue weighted by Crippen LogP contribution is 2.39. The summed E-state index contributed by atoms with van der Waals surface area (Å²) in [7, 11) is 1.60. The molecule has 1 aliphatic heterocycles. The van der Waals surface area contributed by atoms with E-state index in [9.17, 15) is 4.79 Å². The molecule has 2 rings (SSSR count). The Morgan fingerprint density at radius 3 is 2.65 bits per heavy atom. The van der Waals surface area contributed by atoms with Gasteiger partial charge >= 0.3 is 5.97 Å². The van der Waals surface area contributed by atoms with Crippen LogP contribution in [0, 0.1) is 0 Å². The van der Waals surface area contributed by atoms with E-state index < -0.39 is 6.10 Å². The van der Waals surface area contributed by atoms with Crippen LogP contribution >= 0.6 is 0 Å². The Kier molecular flexibility index (Phi) is 4.83. The van der Waals surface area contributed by atoms with E-state index in [4.69, 9.17) is 14.2 Å². The highest BCUT2D eigenvalue weighted by Gasteiger charge is 2.25. The van der Waals surface area contributed by atoms with E-state index in [0.717, 1.165) is 16.9 Å². The minimum Gasteiger partial charge on any atom is -0.496 e. The summed E-state index contributed by atoms with van der Waals surface area (Å²) in [5, 5.41) is 0. The second kappa shape index (κ2) is 6.49. The largest absolute Gasteiger partial charge is 0.496 e. The first kappa shape index (κ1) is 17.1. The number of hydrogen-bond acceptors (Lipinski definition) is 4. The van der Waals surface area contributed by atoms with Crippen LogP contribution in [0.1, 0.15) is 51.8 Å². The minimum atomic E-state index is -0.416. The monoisotopic (exact) mass is 316 g/mol. The second-order valence-electron chi connectivity index (χ2n) is 6.19. The SMILES string of the molecule is C/C=C(\C)C(=O)OC(C)c1cc2c(cc1OC)OC(C)(C)C=C2. The van der Waals surface area contributed by atoms with Gasteiger partial charge in [-0.2, -0.15) is 0 Å².